The van der Waals surface area contributed by atoms with Gasteiger partial charge in [-0.1, -0.05) is 0 Å². The molecule has 2 heterocycles. The van der Waals surface area contributed by atoms with Crippen LogP contribution in [0.25, 0.3) is 0 Å². The van der Waals surface area contributed by atoms with Gasteiger partial charge in [0.25, 0.3) is 0 Å². The Labute approximate surface area is 126 Å². The van der Waals surface area contributed by atoms with Gasteiger partial charge in [-0.05, 0) is 38.8 Å². The molecule has 0 aliphatic carbocycles. The van der Waals surface area contributed by atoms with Gasteiger partial charge in [-0.25, -0.2) is 4.79 Å². The number of ether oxygens (including phenoxy) is 1. The van der Waals surface area contributed by atoms with E-state index in [0.29, 0.717) is 18.1 Å². The second kappa shape index (κ2) is 7.84. The average Bonchev–Trinajstić information content (AvgIpc) is 2.96. The van der Waals surface area contributed by atoms with E-state index in [1.54, 1.807) is 24.0 Å². The molecule has 1 aliphatic heterocycles. The summed E-state index contributed by atoms with van der Waals surface area (Å²) in [7, 11) is 0. The summed E-state index contributed by atoms with van der Waals surface area (Å²) in [6.45, 7) is 6.12. The van der Waals surface area contributed by atoms with Crippen LogP contribution in [0.3, 0.4) is 0 Å². The summed E-state index contributed by atoms with van der Waals surface area (Å²) >= 11 is 0. The van der Waals surface area contributed by atoms with Crippen LogP contribution >= 0.6 is 0 Å². The lowest BCUT2D eigenvalue weighted by Crippen LogP contribution is -2.35. The number of aromatic nitrogens is 2. The molecule has 0 N–H and O–H groups in total. The van der Waals surface area contributed by atoms with Gasteiger partial charge in [0.05, 0.1) is 24.9 Å². The summed E-state index contributed by atoms with van der Waals surface area (Å²) in [6.07, 6.45) is 11.9. The first-order valence-electron chi connectivity index (χ1n) is 7.58. The number of hydrogen-bond acceptors (Lipinski definition) is 4. The number of esters is 1. The number of carbonyl (C=O) groups excluding carboxylic acids is 1. The van der Waals surface area contributed by atoms with Crippen molar-refractivity contribution in [3.05, 3.63) is 18.0 Å². The number of likely N-dealkylation sites (tertiary alicyclic amines) is 1. The molecule has 5 nitrogen and oxygen atoms in total. The van der Waals surface area contributed by atoms with E-state index in [9.17, 15) is 4.79 Å². The smallest absolute Gasteiger partial charge is 0.341 e. The molecule has 0 atom stereocenters. The van der Waals surface area contributed by atoms with Gasteiger partial charge in [-0.15, -0.1) is 12.3 Å². The lowest BCUT2D eigenvalue weighted by atomic mass is 9.94. The van der Waals surface area contributed by atoms with Crippen molar-refractivity contribution >= 4 is 5.97 Å². The Morgan fingerprint density at radius 2 is 2.24 bits per heavy atom. The fourth-order valence-corrected chi connectivity index (χ4v) is 2.63. The maximum absolute atomic E-state index is 11.6. The minimum atomic E-state index is -0.307. The fourth-order valence-electron chi connectivity index (χ4n) is 2.63. The van der Waals surface area contributed by atoms with Crippen molar-refractivity contribution in [2.75, 3.05) is 26.2 Å². The van der Waals surface area contributed by atoms with E-state index in [1.165, 1.54) is 12.8 Å². The third-order valence-electron chi connectivity index (χ3n) is 3.90. The Morgan fingerprint density at radius 3 is 2.90 bits per heavy atom. The third kappa shape index (κ3) is 4.61. The minimum Gasteiger partial charge on any atom is -0.462 e. The van der Waals surface area contributed by atoms with E-state index in [-0.39, 0.29) is 5.97 Å². The SMILES string of the molecule is C#CCC1CCN(CCn2cc(C(=O)OCC)cn2)CC1. The Hall–Kier alpha value is -1.80. The molecule has 0 saturated carbocycles. The summed E-state index contributed by atoms with van der Waals surface area (Å²) in [4.78, 5) is 14.0. The van der Waals surface area contributed by atoms with Crippen molar-refractivity contribution in [3.63, 3.8) is 0 Å². The van der Waals surface area contributed by atoms with E-state index in [2.05, 4.69) is 15.9 Å². The van der Waals surface area contributed by atoms with Crippen LogP contribution in [-0.2, 0) is 11.3 Å². The molecule has 1 aromatic heterocycles. The highest BCUT2D eigenvalue weighted by Crippen LogP contribution is 2.19. The quantitative estimate of drug-likeness (QED) is 0.592. The van der Waals surface area contributed by atoms with Gasteiger partial charge in [0.1, 0.15) is 0 Å². The molecule has 2 rings (SSSR count). The van der Waals surface area contributed by atoms with Crippen LogP contribution in [0.4, 0.5) is 0 Å². The normalized spacial score (nSPS) is 16.6. The highest BCUT2D eigenvalue weighted by Gasteiger charge is 2.18. The van der Waals surface area contributed by atoms with Crippen LogP contribution in [0.1, 0.15) is 36.5 Å². The van der Waals surface area contributed by atoms with Gasteiger partial charge in [0.2, 0.25) is 0 Å². The molecule has 0 amide bonds. The van der Waals surface area contributed by atoms with Gasteiger partial charge < -0.3 is 9.64 Å². The topological polar surface area (TPSA) is 47.4 Å². The van der Waals surface area contributed by atoms with Gasteiger partial charge in [-0.3, -0.25) is 4.68 Å². The second-order valence-corrected chi connectivity index (χ2v) is 5.41. The molecule has 0 radical (unpaired) electrons. The van der Waals surface area contributed by atoms with Crippen LogP contribution in [0.2, 0.25) is 0 Å². The van der Waals surface area contributed by atoms with E-state index in [4.69, 9.17) is 11.2 Å². The number of rotatable bonds is 6. The maximum atomic E-state index is 11.6. The van der Waals surface area contributed by atoms with Gasteiger partial charge >= 0.3 is 5.97 Å². The van der Waals surface area contributed by atoms with Gasteiger partial charge in [-0.2, -0.15) is 5.10 Å². The van der Waals surface area contributed by atoms with Crippen molar-refractivity contribution in [2.45, 2.75) is 32.7 Å². The number of hydrogen-bond donors (Lipinski definition) is 0. The predicted octanol–water partition coefficient (Wildman–Crippen LogP) is 1.80. The van der Waals surface area contributed by atoms with Crippen LogP contribution in [-0.4, -0.2) is 46.9 Å². The molecule has 1 fully saturated rings. The first-order valence-corrected chi connectivity index (χ1v) is 7.58. The molecule has 0 aromatic carbocycles. The average molecular weight is 289 g/mol. The molecule has 114 valence electrons. The molecule has 0 unspecified atom stereocenters. The van der Waals surface area contributed by atoms with Crippen molar-refractivity contribution in [2.24, 2.45) is 5.92 Å². The first-order chi connectivity index (χ1) is 10.2. The zero-order valence-electron chi connectivity index (χ0n) is 12.6. The maximum Gasteiger partial charge on any atom is 0.341 e. The van der Waals surface area contributed by atoms with E-state index in [0.717, 1.165) is 32.6 Å². The monoisotopic (exact) mass is 289 g/mol. The van der Waals surface area contributed by atoms with E-state index in [1.807, 2.05) is 0 Å². The molecule has 1 aliphatic rings. The lowest BCUT2D eigenvalue weighted by Gasteiger charge is -2.31. The Kier molecular flexibility index (Phi) is 5.82. The first kappa shape index (κ1) is 15.6. The Morgan fingerprint density at radius 1 is 1.48 bits per heavy atom. The molecular weight excluding hydrogens is 266 g/mol. The predicted molar refractivity (Wildman–Crippen MR) is 80.8 cm³/mol. The standard InChI is InChI=1S/C16H23N3O2/c1-3-5-14-6-8-18(9-7-14)10-11-19-13-15(12-17-19)16(20)21-4-2/h1,12-14H,4-11H2,2H3. The van der Waals surface area contributed by atoms with E-state index >= 15 is 0 Å². The number of terminal acetylenes is 1. The minimum absolute atomic E-state index is 0.307. The van der Waals surface area contributed by atoms with Gasteiger partial charge in [0.15, 0.2) is 0 Å². The highest BCUT2D eigenvalue weighted by molar-refractivity contribution is 5.88. The van der Waals surface area contributed by atoms with Gasteiger partial charge in [0, 0.05) is 19.2 Å². The summed E-state index contributed by atoms with van der Waals surface area (Å²) in [5, 5.41) is 4.21. The number of nitrogens with zero attached hydrogens (tertiary/aromatic N) is 3. The zero-order valence-corrected chi connectivity index (χ0v) is 12.6. The van der Waals surface area contributed by atoms with Crippen molar-refractivity contribution in [3.8, 4) is 12.3 Å². The summed E-state index contributed by atoms with van der Waals surface area (Å²) in [6, 6.07) is 0. The molecule has 21 heavy (non-hydrogen) atoms. The Bertz CT molecular complexity index is 496. The highest BCUT2D eigenvalue weighted by atomic mass is 16.5. The molecular formula is C16H23N3O2. The summed E-state index contributed by atoms with van der Waals surface area (Å²) < 4.78 is 6.76. The molecule has 0 bridgehead atoms. The van der Waals surface area contributed by atoms with Crippen LogP contribution in [0.15, 0.2) is 12.4 Å². The van der Waals surface area contributed by atoms with Crippen molar-refractivity contribution in [1.29, 1.82) is 0 Å². The zero-order chi connectivity index (χ0) is 15.1. The molecule has 1 saturated heterocycles. The molecule has 0 spiro atoms. The summed E-state index contributed by atoms with van der Waals surface area (Å²) in [5.74, 6) is 3.14. The fraction of sp³-hybridized carbons (Fsp3) is 0.625. The van der Waals surface area contributed by atoms with Crippen LogP contribution in [0, 0.1) is 18.3 Å². The third-order valence-corrected chi connectivity index (χ3v) is 3.90. The Balaban J connectivity index is 1.74. The van der Waals surface area contributed by atoms with E-state index < -0.39 is 0 Å². The summed E-state index contributed by atoms with van der Waals surface area (Å²) in [5.41, 5.74) is 0.518. The number of piperidine rings is 1. The van der Waals surface area contributed by atoms with Crippen LogP contribution in [0.5, 0.6) is 0 Å². The molecule has 5 heteroatoms. The lowest BCUT2D eigenvalue weighted by molar-refractivity contribution is 0.0526. The van der Waals surface area contributed by atoms with Crippen molar-refractivity contribution in [1.82, 2.24) is 14.7 Å². The second-order valence-electron chi connectivity index (χ2n) is 5.41. The molecule has 1 aromatic rings. The van der Waals surface area contributed by atoms with Crippen molar-refractivity contribution < 1.29 is 9.53 Å². The largest absolute Gasteiger partial charge is 0.462 e. The van der Waals surface area contributed by atoms with Crippen LogP contribution < -0.4 is 0 Å². The number of carbonyl (C=O) groups is 1.